The number of amides is 1. The molecule has 2 aromatic rings. The first-order valence-corrected chi connectivity index (χ1v) is 11.6. The van der Waals surface area contributed by atoms with E-state index in [-0.39, 0.29) is 24.0 Å². The SMILES string of the molecule is CCNC(=NCCCN1CCCCCC1=O)NCCc1nccn1Cc1ccccc1.I. The smallest absolute Gasteiger partial charge is 0.222 e. The summed E-state index contributed by atoms with van der Waals surface area (Å²) in [6, 6.07) is 10.4. The van der Waals surface area contributed by atoms with Crippen LogP contribution in [0.15, 0.2) is 47.7 Å². The van der Waals surface area contributed by atoms with Gasteiger partial charge in [0.2, 0.25) is 5.91 Å². The lowest BCUT2D eigenvalue weighted by Gasteiger charge is -2.20. The molecule has 0 atom stereocenters. The molecule has 2 N–H and O–H groups in total. The monoisotopic (exact) mass is 552 g/mol. The van der Waals surface area contributed by atoms with Gasteiger partial charge in [-0.25, -0.2) is 4.98 Å². The van der Waals surface area contributed by atoms with Crippen LogP contribution in [0, 0.1) is 0 Å². The molecule has 1 fully saturated rings. The largest absolute Gasteiger partial charge is 0.357 e. The average molecular weight is 553 g/mol. The number of nitrogens with one attached hydrogen (secondary N) is 2. The summed E-state index contributed by atoms with van der Waals surface area (Å²) < 4.78 is 2.19. The van der Waals surface area contributed by atoms with Crippen LogP contribution in [0.2, 0.25) is 0 Å². The van der Waals surface area contributed by atoms with E-state index < -0.39 is 0 Å². The zero-order valence-corrected chi connectivity index (χ0v) is 21.5. The number of imidazole rings is 1. The first-order chi connectivity index (χ1) is 15.3. The third-order valence-corrected chi connectivity index (χ3v) is 5.51. The van der Waals surface area contributed by atoms with Crippen molar-refractivity contribution in [3.63, 3.8) is 0 Å². The molecule has 0 unspecified atom stereocenters. The molecule has 7 nitrogen and oxygen atoms in total. The molecule has 0 aliphatic carbocycles. The van der Waals surface area contributed by atoms with E-state index in [0.717, 1.165) is 70.2 Å². The molecule has 8 heteroatoms. The van der Waals surface area contributed by atoms with Gasteiger partial charge < -0.3 is 20.1 Å². The fourth-order valence-electron chi connectivity index (χ4n) is 3.85. The minimum absolute atomic E-state index is 0. The first-order valence-electron chi connectivity index (χ1n) is 11.6. The van der Waals surface area contributed by atoms with E-state index in [0.29, 0.717) is 18.9 Å². The average Bonchev–Trinajstić information content (AvgIpc) is 3.11. The maximum absolute atomic E-state index is 12.1. The summed E-state index contributed by atoms with van der Waals surface area (Å²) >= 11 is 0. The Bertz CT molecular complexity index is 823. The Hall–Kier alpha value is -2.10. The number of halogens is 1. The van der Waals surface area contributed by atoms with Crippen molar-refractivity contribution in [1.82, 2.24) is 25.1 Å². The number of nitrogens with zero attached hydrogens (tertiary/aromatic N) is 4. The molecule has 1 aromatic heterocycles. The summed E-state index contributed by atoms with van der Waals surface area (Å²) in [5.74, 6) is 2.19. The molecule has 2 heterocycles. The van der Waals surface area contributed by atoms with E-state index in [9.17, 15) is 4.79 Å². The van der Waals surface area contributed by atoms with E-state index in [4.69, 9.17) is 0 Å². The van der Waals surface area contributed by atoms with Crippen molar-refractivity contribution in [2.45, 2.75) is 52.0 Å². The Morgan fingerprint density at radius 1 is 1.16 bits per heavy atom. The number of hydrogen-bond acceptors (Lipinski definition) is 3. The van der Waals surface area contributed by atoms with Crippen LogP contribution in [-0.2, 0) is 17.8 Å². The molecule has 0 spiro atoms. The molecule has 1 aliphatic heterocycles. The van der Waals surface area contributed by atoms with E-state index in [1.54, 1.807) is 0 Å². The fraction of sp³-hybridized carbons (Fsp3) is 0.542. The van der Waals surface area contributed by atoms with E-state index in [1.807, 2.05) is 23.4 Å². The van der Waals surface area contributed by atoms with Gasteiger partial charge in [-0.3, -0.25) is 9.79 Å². The Balaban J connectivity index is 0.00000363. The Labute approximate surface area is 209 Å². The quantitative estimate of drug-likeness (QED) is 0.205. The lowest BCUT2D eigenvalue weighted by atomic mass is 10.2. The Morgan fingerprint density at radius 2 is 2.00 bits per heavy atom. The highest BCUT2D eigenvalue weighted by Gasteiger charge is 2.15. The summed E-state index contributed by atoms with van der Waals surface area (Å²) in [4.78, 5) is 23.3. The summed E-state index contributed by atoms with van der Waals surface area (Å²) in [5.41, 5.74) is 1.27. The summed E-state index contributed by atoms with van der Waals surface area (Å²) in [6.07, 6.45) is 9.64. The van der Waals surface area contributed by atoms with Gasteiger partial charge in [-0.05, 0) is 31.7 Å². The predicted molar refractivity (Wildman–Crippen MR) is 141 cm³/mol. The second-order valence-electron chi connectivity index (χ2n) is 7.94. The maximum atomic E-state index is 12.1. The van der Waals surface area contributed by atoms with Crippen LogP contribution in [0.1, 0.15) is 50.4 Å². The number of hydrogen-bond donors (Lipinski definition) is 2. The van der Waals surface area contributed by atoms with Crippen molar-refractivity contribution >= 4 is 35.8 Å². The van der Waals surface area contributed by atoms with Crippen molar-refractivity contribution in [1.29, 1.82) is 0 Å². The van der Waals surface area contributed by atoms with E-state index >= 15 is 0 Å². The summed E-state index contributed by atoms with van der Waals surface area (Å²) in [5, 5.41) is 6.72. The van der Waals surface area contributed by atoms with Crippen LogP contribution >= 0.6 is 24.0 Å². The third-order valence-electron chi connectivity index (χ3n) is 5.51. The molecule has 0 saturated carbocycles. The molecule has 176 valence electrons. The van der Waals surface area contributed by atoms with Gasteiger partial charge >= 0.3 is 0 Å². The van der Waals surface area contributed by atoms with Crippen LogP contribution in [0.3, 0.4) is 0 Å². The zero-order chi connectivity index (χ0) is 21.7. The number of aromatic nitrogens is 2. The van der Waals surface area contributed by atoms with Crippen molar-refractivity contribution in [2.75, 3.05) is 32.7 Å². The normalized spacial score (nSPS) is 14.6. The fourth-order valence-corrected chi connectivity index (χ4v) is 3.85. The number of likely N-dealkylation sites (tertiary alicyclic amines) is 1. The van der Waals surface area contributed by atoms with Crippen LogP contribution < -0.4 is 10.6 Å². The van der Waals surface area contributed by atoms with Gasteiger partial charge in [-0.15, -0.1) is 24.0 Å². The molecule has 32 heavy (non-hydrogen) atoms. The molecule has 1 aromatic carbocycles. The van der Waals surface area contributed by atoms with Crippen molar-refractivity contribution < 1.29 is 4.79 Å². The standard InChI is InChI=1S/C24H36N6O.HI/c1-2-25-24(27-14-9-18-29-17-8-4-7-12-23(29)31)28-15-13-22-26-16-19-30(22)20-21-10-5-3-6-11-21;/h3,5-6,10-11,16,19H,2,4,7-9,12-15,17-18,20H2,1H3,(H2,25,27,28);1H. The van der Waals surface area contributed by atoms with Gasteiger partial charge in [0.05, 0.1) is 0 Å². The van der Waals surface area contributed by atoms with Gasteiger partial charge in [-0.1, -0.05) is 36.8 Å². The van der Waals surface area contributed by atoms with Gasteiger partial charge in [0.1, 0.15) is 5.82 Å². The lowest BCUT2D eigenvalue weighted by molar-refractivity contribution is -0.130. The van der Waals surface area contributed by atoms with E-state index in [2.05, 4.69) is 56.4 Å². The number of benzene rings is 1. The van der Waals surface area contributed by atoms with Gasteiger partial charge in [0, 0.05) is 64.5 Å². The van der Waals surface area contributed by atoms with Crippen molar-refractivity contribution in [2.24, 2.45) is 4.99 Å². The molecule has 0 bridgehead atoms. The third kappa shape index (κ3) is 8.80. The number of rotatable bonds is 10. The molecular formula is C24H37IN6O. The second-order valence-corrected chi connectivity index (χ2v) is 7.94. The molecule has 3 rings (SSSR count). The summed E-state index contributed by atoms with van der Waals surface area (Å²) in [7, 11) is 0. The van der Waals surface area contributed by atoms with Crippen LogP contribution in [0.25, 0.3) is 0 Å². The van der Waals surface area contributed by atoms with Crippen LogP contribution in [0.5, 0.6) is 0 Å². The lowest BCUT2D eigenvalue weighted by Crippen LogP contribution is -2.39. The zero-order valence-electron chi connectivity index (χ0n) is 19.1. The predicted octanol–water partition coefficient (Wildman–Crippen LogP) is 3.44. The van der Waals surface area contributed by atoms with Gasteiger partial charge in [0.25, 0.3) is 0 Å². The van der Waals surface area contributed by atoms with Gasteiger partial charge in [0.15, 0.2) is 5.96 Å². The highest BCUT2D eigenvalue weighted by atomic mass is 127. The molecular weight excluding hydrogens is 515 g/mol. The Morgan fingerprint density at radius 3 is 2.81 bits per heavy atom. The van der Waals surface area contributed by atoms with E-state index in [1.165, 1.54) is 12.0 Å². The minimum Gasteiger partial charge on any atom is -0.357 e. The Kier molecular flexibility index (Phi) is 12.2. The minimum atomic E-state index is 0. The van der Waals surface area contributed by atoms with Crippen molar-refractivity contribution in [3.8, 4) is 0 Å². The highest BCUT2D eigenvalue weighted by Crippen LogP contribution is 2.11. The molecule has 1 saturated heterocycles. The number of carbonyl (C=O) groups excluding carboxylic acids is 1. The number of guanidine groups is 1. The second kappa shape index (κ2) is 14.9. The molecule has 1 amide bonds. The number of carbonyl (C=O) groups is 1. The molecule has 0 radical (unpaired) electrons. The van der Waals surface area contributed by atoms with Gasteiger partial charge in [-0.2, -0.15) is 0 Å². The topological polar surface area (TPSA) is 74.6 Å². The molecule has 1 aliphatic rings. The summed E-state index contributed by atoms with van der Waals surface area (Å²) in [6.45, 7) is 6.90. The number of aliphatic imine (C=N–C) groups is 1. The van der Waals surface area contributed by atoms with Crippen molar-refractivity contribution in [3.05, 3.63) is 54.1 Å². The maximum Gasteiger partial charge on any atom is 0.222 e. The highest BCUT2D eigenvalue weighted by molar-refractivity contribution is 14.0. The first kappa shape index (κ1) is 26.2. The van der Waals surface area contributed by atoms with Crippen LogP contribution in [0.4, 0.5) is 0 Å². The van der Waals surface area contributed by atoms with Crippen LogP contribution in [-0.4, -0.2) is 59.0 Å².